The van der Waals surface area contributed by atoms with E-state index >= 15 is 0 Å². The highest BCUT2D eigenvalue weighted by atomic mass is 79.9. The first-order valence-electron chi connectivity index (χ1n) is 5.51. The van der Waals surface area contributed by atoms with Gasteiger partial charge in [0.25, 0.3) is 5.91 Å². The third-order valence-corrected chi connectivity index (χ3v) is 3.43. The van der Waals surface area contributed by atoms with Gasteiger partial charge >= 0.3 is 0 Å². The summed E-state index contributed by atoms with van der Waals surface area (Å²) in [5.41, 5.74) is 7.94. The number of carbonyl (C=O) groups excluding carboxylic acids is 1. The summed E-state index contributed by atoms with van der Waals surface area (Å²) in [7, 11) is 1.95. The Hall–Kier alpha value is -1.75. The summed E-state index contributed by atoms with van der Waals surface area (Å²) in [4.78, 5) is 11.9. The maximum atomic E-state index is 11.9. The van der Waals surface area contributed by atoms with E-state index < -0.39 is 0 Å². The van der Waals surface area contributed by atoms with Crippen molar-refractivity contribution in [2.24, 2.45) is 7.05 Å². The SMILES string of the molecule is Cn1cccc1CNC(=O)c1ccc(N)c(Br)c1. The first-order chi connectivity index (χ1) is 8.58. The third-order valence-electron chi connectivity index (χ3n) is 2.74. The van der Waals surface area contributed by atoms with Gasteiger partial charge in [-0.1, -0.05) is 0 Å². The van der Waals surface area contributed by atoms with Gasteiger partial charge in [0.2, 0.25) is 0 Å². The summed E-state index contributed by atoms with van der Waals surface area (Å²) in [6.07, 6.45) is 1.95. The molecule has 0 spiro atoms. The molecule has 0 fully saturated rings. The highest BCUT2D eigenvalue weighted by Crippen LogP contribution is 2.20. The van der Waals surface area contributed by atoms with Gasteiger partial charge < -0.3 is 15.6 Å². The highest BCUT2D eigenvalue weighted by Gasteiger charge is 2.07. The lowest BCUT2D eigenvalue weighted by Gasteiger charge is -2.07. The molecule has 1 heterocycles. The Bertz CT molecular complexity index is 577. The van der Waals surface area contributed by atoms with E-state index in [2.05, 4.69) is 21.2 Å². The molecule has 2 rings (SSSR count). The molecule has 0 saturated heterocycles. The predicted molar refractivity (Wildman–Crippen MR) is 75.1 cm³/mol. The molecule has 0 radical (unpaired) electrons. The number of nitrogens with two attached hydrogens (primary N) is 1. The Morgan fingerprint density at radius 1 is 1.44 bits per heavy atom. The minimum absolute atomic E-state index is 0.114. The first kappa shape index (κ1) is 12.7. The van der Waals surface area contributed by atoms with Gasteiger partial charge in [-0.15, -0.1) is 0 Å². The second kappa shape index (κ2) is 5.27. The van der Waals surface area contributed by atoms with Crippen LogP contribution in [0.4, 0.5) is 5.69 Å². The molecule has 18 heavy (non-hydrogen) atoms. The van der Waals surface area contributed by atoms with Crippen molar-refractivity contribution in [1.29, 1.82) is 0 Å². The van der Waals surface area contributed by atoms with Crippen LogP contribution >= 0.6 is 15.9 Å². The molecule has 0 aliphatic rings. The average Bonchev–Trinajstić information content (AvgIpc) is 2.75. The zero-order chi connectivity index (χ0) is 13.1. The molecule has 0 bridgehead atoms. The molecule has 0 saturated carbocycles. The third kappa shape index (κ3) is 2.73. The van der Waals surface area contributed by atoms with Crippen LogP contribution in [0.1, 0.15) is 16.1 Å². The summed E-state index contributed by atoms with van der Waals surface area (Å²) in [6, 6.07) is 9.05. The van der Waals surface area contributed by atoms with E-state index in [1.807, 2.05) is 29.9 Å². The van der Waals surface area contributed by atoms with Crippen molar-refractivity contribution >= 4 is 27.5 Å². The van der Waals surface area contributed by atoms with Crippen LogP contribution in [-0.2, 0) is 13.6 Å². The normalized spacial score (nSPS) is 10.3. The summed E-state index contributed by atoms with van der Waals surface area (Å²) < 4.78 is 2.70. The van der Waals surface area contributed by atoms with Gasteiger partial charge in [0.1, 0.15) is 0 Å². The first-order valence-corrected chi connectivity index (χ1v) is 6.30. The number of nitrogens with one attached hydrogen (secondary N) is 1. The molecule has 5 heteroatoms. The van der Waals surface area contributed by atoms with E-state index in [0.717, 1.165) is 10.2 Å². The molecule has 0 aliphatic heterocycles. The van der Waals surface area contributed by atoms with E-state index in [1.165, 1.54) is 0 Å². The van der Waals surface area contributed by atoms with Crippen molar-refractivity contribution in [1.82, 2.24) is 9.88 Å². The van der Waals surface area contributed by atoms with Gasteiger partial charge in [-0.25, -0.2) is 0 Å². The fraction of sp³-hybridized carbons (Fsp3) is 0.154. The molecule has 0 unspecified atom stereocenters. The Labute approximate surface area is 114 Å². The van der Waals surface area contributed by atoms with Crippen LogP contribution in [-0.4, -0.2) is 10.5 Å². The number of benzene rings is 1. The smallest absolute Gasteiger partial charge is 0.251 e. The number of amides is 1. The van der Waals surface area contributed by atoms with E-state index in [1.54, 1.807) is 18.2 Å². The summed E-state index contributed by atoms with van der Waals surface area (Å²) in [5, 5.41) is 2.87. The van der Waals surface area contributed by atoms with E-state index in [-0.39, 0.29) is 5.91 Å². The lowest BCUT2D eigenvalue weighted by Crippen LogP contribution is -2.23. The number of hydrogen-bond acceptors (Lipinski definition) is 2. The molecule has 0 atom stereocenters. The Morgan fingerprint density at radius 2 is 2.22 bits per heavy atom. The summed E-state index contributed by atoms with van der Waals surface area (Å²) in [6.45, 7) is 0.504. The monoisotopic (exact) mass is 307 g/mol. The number of aromatic nitrogens is 1. The Morgan fingerprint density at radius 3 is 2.83 bits per heavy atom. The van der Waals surface area contributed by atoms with Crippen molar-refractivity contribution in [3.8, 4) is 0 Å². The number of rotatable bonds is 3. The number of aryl methyl sites for hydroxylation is 1. The average molecular weight is 308 g/mol. The number of carbonyl (C=O) groups is 1. The fourth-order valence-electron chi connectivity index (χ4n) is 1.62. The number of hydrogen-bond donors (Lipinski definition) is 2. The minimum atomic E-state index is -0.114. The molecule has 0 aliphatic carbocycles. The Kier molecular flexibility index (Phi) is 3.72. The second-order valence-corrected chi connectivity index (χ2v) is 4.88. The van der Waals surface area contributed by atoms with Crippen LogP contribution in [0.2, 0.25) is 0 Å². The lowest BCUT2D eigenvalue weighted by molar-refractivity contribution is 0.0950. The van der Waals surface area contributed by atoms with E-state index in [9.17, 15) is 4.79 Å². The number of anilines is 1. The van der Waals surface area contributed by atoms with Crippen LogP contribution in [0.25, 0.3) is 0 Å². The van der Waals surface area contributed by atoms with E-state index in [4.69, 9.17) is 5.73 Å². The van der Waals surface area contributed by atoms with Crippen molar-refractivity contribution in [2.75, 3.05) is 5.73 Å². The topological polar surface area (TPSA) is 60.0 Å². The van der Waals surface area contributed by atoms with Gasteiger partial charge in [-0.05, 0) is 46.3 Å². The van der Waals surface area contributed by atoms with Crippen LogP contribution < -0.4 is 11.1 Å². The van der Waals surface area contributed by atoms with Gasteiger partial charge in [-0.2, -0.15) is 0 Å². The van der Waals surface area contributed by atoms with Crippen LogP contribution in [0, 0.1) is 0 Å². The van der Waals surface area contributed by atoms with Crippen molar-refractivity contribution in [2.45, 2.75) is 6.54 Å². The van der Waals surface area contributed by atoms with E-state index in [0.29, 0.717) is 17.8 Å². The van der Waals surface area contributed by atoms with Gasteiger partial charge in [0.15, 0.2) is 0 Å². The molecule has 1 aromatic heterocycles. The molecular weight excluding hydrogens is 294 g/mol. The summed E-state index contributed by atoms with van der Waals surface area (Å²) in [5.74, 6) is -0.114. The largest absolute Gasteiger partial charge is 0.398 e. The second-order valence-electron chi connectivity index (χ2n) is 4.03. The van der Waals surface area contributed by atoms with Gasteiger partial charge in [0, 0.05) is 34.7 Å². The minimum Gasteiger partial charge on any atom is -0.398 e. The molecule has 4 nitrogen and oxygen atoms in total. The number of nitrogens with zero attached hydrogens (tertiary/aromatic N) is 1. The Balaban J connectivity index is 2.04. The zero-order valence-electron chi connectivity index (χ0n) is 9.98. The molecular formula is C13H14BrN3O. The number of halogens is 1. The summed E-state index contributed by atoms with van der Waals surface area (Å²) >= 11 is 3.31. The molecule has 2 aromatic rings. The quantitative estimate of drug-likeness (QED) is 0.855. The maximum absolute atomic E-state index is 11.9. The van der Waals surface area contributed by atoms with Crippen molar-refractivity contribution in [3.63, 3.8) is 0 Å². The van der Waals surface area contributed by atoms with Crippen LogP contribution in [0.5, 0.6) is 0 Å². The molecule has 1 amide bonds. The maximum Gasteiger partial charge on any atom is 0.251 e. The van der Waals surface area contributed by atoms with Crippen LogP contribution in [0.3, 0.4) is 0 Å². The highest BCUT2D eigenvalue weighted by molar-refractivity contribution is 9.10. The van der Waals surface area contributed by atoms with Gasteiger partial charge in [0.05, 0.1) is 6.54 Å². The fourth-order valence-corrected chi connectivity index (χ4v) is 2.00. The lowest BCUT2D eigenvalue weighted by atomic mass is 10.2. The van der Waals surface area contributed by atoms with Crippen LogP contribution in [0.15, 0.2) is 41.0 Å². The predicted octanol–water partition coefficient (Wildman–Crippen LogP) is 2.30. The molecule has 94 valence electrons. The van der Waals surface area contributed by atoms with Gasteiger partial charge in [-0.3, -0.25) is 4.79 Å². The zero-order valence-corrected chi connectivity index (χ0v) is 11.6. The standard InChI is InChI=1S/C13H14BrN3O/c1-17-6-2-3-10(17)8-16-13(18)9-4-5-12(15)11(14)7-9/h2-7H,8,15H2,1H3,(H,16,18). The molecule has 1 aromatic carbocycles. The van der Waals surface area contributed by atoms with Crippen molar-refractivity contribution in [3.05, 3.63) is 52.3 Å². The van der Waals surface area contributed by atoms with Crippen molar-refractivity contribution < 1.29 is 4.79 Å². The molecule has 3 N–H and O–H groups in total. The number of nitrogen functional groups attached to an aromatic ring is 1.